The Morgan fingerprint density at radius 1 is 1.06 bits per heavy atom. The minimum Gasteiger partial charge on any atom is -0.398 e. The fourth-order valence-corrected chi connectivity index (χ4v) is 1.63. The smallest absolute Gasteiger partial charge is 0.129 e. The van der Waals surface area contributed by atoms with Gasteiger partial charge in [0.2, 0.25) is 0 Å². The number of rotatable bonds is 0. The molecule has 0 radical (unpaired) electrons. The summed E-state index contributed by atoms with van der Waals surface area (Å²) in [7, 11) is 0. The number of hydrogen-bond acceptors (Lipinski definition) is 3. The number of nitrogens with two attached hydrogens (primary N) is 2. The van der Waals surface area contributed by atoms with Crippen LogP contribution in [0.15, 0.2) is 18.2 Å². The number of hydrogen-bond donors (Lipinski definition) is 2. The third-order valence-corrected chi connectivity index (χ3v) is 2.55. The minimum atomic E-state index is 0. The molecule has 0 amide bonds. The lowest BCUT2D eigenvalue weighted by molar-refractivity contribution is 1.33. The molecule has 0 saturated heterocycles. The van der Waals surface area contributed by atoms with Crippen LogP contribution in [0.4, 0.5) is 11.5 Å². The Bertz CT molecular complexity index is 512. The van der Waals surface area contributed by atoms with Gasteiger partial charge < -0.3 is 11.5 Å². The van der Waals surface area contributed by atoms with Gasteiger partial charge in [-0.05, 0) is 25.5 Å². The van der Waals surface area contributed by atoms with Crippen molar-refractivity contribution in [3.8, 4) is 0 Å². The molecule has 88 valence electrons. The summed E-state index contributed by atoms with van der Waals surface area (Å²) < 4.78 is 0. The predicted octanol–water partition coefficient (Wildman–Crippen LogP) is 2.86. The summed E-state index contributed by atoms with van der Waals surface area (Å²) in [6.45, 7) is 3.92. The SMILES string of the molecule is Cc1c(N)nc2cccc(C)c2c1N.Cl.Cl. The topological polar surface area (TPSA) is 64.9 Å². The van der Waals surface area contributed by atoms with Crippen LogP contribution in [-0.2, 0) is 0 Å². The van der Waals surface area contributed by atoms with E-state index in [9.17, 15) is 0 Å². The second-order valence-electron chi connectivity index (χ2n) is 3.50. The van der Waals surface area contributed by atoms with Crippen LogP contribution in [0.25, 0.3) is 10.9 Å². The maximum absolute atomic E-state index is 6.00. The second kappa shape index (κ2) is 5.23. The molecular weight excluding hydrogens is 245 g/mol. The van der Waals surface area contributed by atoms with Crippen molar-refractivity contribution in [1.29, 1.82) is 0 Å². The van der Waals surface area contributed by atoms with Crippen LogP contribution in [-0.4, -0.2) is 4.98 Å². The monoisotopic (exact) mass is 259 g/mol. The van der Waals surface area contributed by atoms with Gasteiger partial charge in [0.1, 0.15) is 5.82 Å². The van der Waals surface area contributed by atoms with Gasteiger partial charge in [0.15, 0.2) is 0 Å². The lowest BCUT2D eigenvalue weighted by atomic mass is 10.1. The summed E-state index contributed by atoms with van der Waals surface area (Å²) >= 11 is 0. The number of fused-ring (bicyclic) bond motifs is 1. The second-order valence-corrected chi connectivity index (χ2v) is 3.50. The summed E-state index contributed by atoms with van der Waals surface area (Å²) in [5, 5.41) is 1.01. The first-order valence-corrected chi connectivity index (χ1v) is 4.52. The first-order valence-electron chi connectivity index (χ1n) is 4.52. The van der Waals surface area contributed by atoms with Crippen LogP contribution in [0.2, 0.25) is 0 Å². The summed E-state index contributed by atoms with van der Waals surface area (Å²) in [4.78, 5) is 4.29. The molecule has 0 bridgehead atoms. The van der Waals surface area contributed by atoms with E-state index in [0.717, 1.165) is 27.7 Å². The van der Waals surface area contributed by atoms with Crippen LogP contribution in [0.3, 0.4) is 0 Å². The van der Waals surface area contributed by atoms with Crippen molar-refractivity contribution in [2.24, 2.45) is 0 Å². The highest BCUT2D eigenvalue weighted by atomic mass is 35.5. The van der Waals surface area contributed by atoms with E-state index in [-0.39, 0.29) is 24.8 Å². The van der Waals surface area contributed by atoms with E-state index in [1.165, 1.54) is 0 Å². The van der Waals surface area contributed by atoms with E-state index in [2.05, 4.69) is 4.98 Å². The van der Waals surface area contributed by atoms with Gasteiger partial charge in [0.05, 0.1) is 5.52 Å². The average Bonchev–Trinajstić information content (AvgIpc) is 2.14. The number of anilines is 2. The van der Waals surface area contributed by atoms with Crippen molar-refractivity contribution in [2.75, 3.05) is 11.5 Å². The van der Waals surface area contributed by atoms with Crippen molar-refractivity contribution < 1.29 is 0 Å². The molecule has 0 aliphatic heterocycles. The van der Waals surface area contributed by atoms with Gasteiger partial charge in [-0.1, -0.05) is 12.1 Å². The van der Waals surface area contributed by atoms with Gasteiger partial charge in [0.25, 0.3) is 0 Å². The van der Waals surface area contributed by atoms with Gasteiger partial charge in [-0.3, -0.25) is 0 Å². The van der Waals surface area contributed by atoms with Gasteiger partial charge in [-0.15, -0.1) is 24.8 Å². The first kappa shape index (κ1) is 14.8. The van der Waals surface area contributed by atoms with Crippen LogP contribution < -0.4 is 11.5 Å². The Hall–Kier alpha value is -1.19. The number of nitrogen functional groups attached to an aromatic ring is 2. The van der Waals surface area contributed by atoms with Crippen molar-refractivity contribution in [3.63, 3.8) is 0 Å². The highest BCUT2D eigenvalue weighted by Crippen LogP contribution is 2.28. The van der Waals surface area contributed by atoms with E-state index in [0.29, 0.717) is 5.82 Å². The van der Waals surface area contributed by atoms with Gasteiger partial charge in [0, 0.05) is 16.6 Å². The lowest BCUT2D eigenvalue weighted by Crippen LogP contribution is -2.01. The largest absolute Gasteiger partial charge is 0.398 e. The van der Waals surface area contributed by atoms with Gasteiger partial charge in [-0.2, -0.15) is 0 Å². The summed E-state index contributed by atoms with van der Waals surface area (Å²) in [5.41, 5.74) is 15.4. The Labute approximate surface area is 107 Å². The number of nitrogens with zero attached hydrogens (tertiary/aromatic N) is 1. The van der Waals surface area contributed by atoms with Crippen LogP contribution in [0, 0.1) is 13.8 Å². The predicted molar refractivity (Wildman–Crippen MR) is 74.5 cm³/mol. The number of aromatic nitrogens is 1. The van der Waals surface area contributed by atoms with Crippen molar-refractivity contribution in [3.05, 3.63) is 29.3 Å². The van der Waals surface area contributed by atoms with Gasteiger partial charge >= 0.3 is 0 Å². The zero-order valence-corrected chi connectivity index (χ0v) is 10.8. The summed E-state index contributed by atoms with van der Waals surface area (Å²) in [6.07, 6.45) is 0. The molecule has 0 saturated carbocycles. The number of halogens is 2. The van der Waals surface area contributed by atoms with Gasteiger partial charge in [-0.25, -0.2) is 4.98 Å². The van der Waals surface area contributed by atoms with Crippen molar-refractivity contribution in [2.45, 2.75) is 13.8 Å². The van der Waals surface area contributed by atoms with Crippen LogP contribution in [0.1, 0.15) is 11.1 Å². The number of aryl methyl sites for hydroxylation is 1. The Morgan fingerprint density at radius 2 is 1.69 bits per heavy atom. The normalized spacial score (nSPS) is 9.38. The highest BCUT2D eigenvalue weighted by Gasteiger charge is 2.07. The summed E-state index contributed by atoms with van der Waals surface area (Å²) in [6, 6.07) is 5.91. The maximum Gasteiger partial charge on any atom is 0.129 e. The zero-order chi connectivity index (χ0) is 10.3. The molecule has 0 aliphatic rings. The number of pyridine rings is 1. The fraction of sp³-hybridized carbons (Fsp3) is 0.182. The molecule has 1 heterocycles. The molecule has 0 spiro atoms. The Morgan fingerprint density at radius 3 is 2.31 bits per heavy atom. The zero-order valence-electron chi connectivity index (χ0n) is 9.15. The molecule has 1 aromatic heterocycles. The molecule has 0 aliphatic carbocycles. The molecule has 2 aromatic rings. The molecule has 16 heavy (non-hydrogen) atoms. The lowest BCUT2D eigenvalue weighted by Gasteiger charge is -2.09. The first-order chi connectivity index (χ1) is 6.61. The van der Waals surface area contributed by atoms with E-state index in [1.807, 2.05) is 32.0 Å². The van der Waals surface area contributed by atoms with E-state index in [1.54, 1.807) is 0 Å². The third kappa shape index (κ3) is 2.15. The minimum absolute atomic E-state index is 0. The Kier molecular flexibility index (Phi) is 4.84. The third-order valence-electron chi connectivity index (χ3n) is 2.55. The molecule has 0 fully saturated rings. The molecule has 2 rings (SSSR count). The van der Waals surface area contributed by atoms with E-state index >= 15 is 0 Å². The summed E-state index contributed by atoms with van der Waals surface area (Å²) in [5.74, 6) is 0.514. The van der Waals surface area contributed by atoms with Crippen molar-refractivity contribution >= 4 is 47.2 Å². The molecule has 0 atom stereocenters. The van der Waals surface area contributed by atoms with E-state index in [4.69, 9.17) is 11.5 Å². The molecular formula is C11H15Cl2N3. The van der Waals surface area contributed by atoms with Crippen LogP contribution in [0.5, 0.6) is 0 Å². The fourth-order valence-electron chi connectivity index (χ4n) is 1.63. The molecule has 1 aromatic carbocycles. The highest BCUT2D eigenvalue weighted by molar-refractivity contribution is 5.96. The molecule has 4 N–H and O–H groups in total. The van der Waals surface area contributed by atoms with E-state index < -0.39 is 0 Å². The average molecular weight is 260 g/mol. The Balaban J connectivity index is 0.00000112. The molecule has 5 heteroatoms. The standard InChI is InChI=1S/C11H13N3.2ClH/c1-6-4-3-5-8-9(6)10(12)7(2)11(13)14-8;;/h3-5H,1-2H3,(H4,12,13,14);2*1H. The quantitative estimate of drug-likeness (QED) is 0.765. The number of benzene rings is 1. The molecule has 0 unspecified atom stereocenters. The van der Waals surface area contributed by atoms with Crippen LogP contribution >= 0.6 is 24.8 Å². The molecule has 3 nitrogen and oxygen atoms in total. The maximum atomic E-state index is 6.00. The van der Waals surface area contributed by atoms with Crippen molar-refractivity contribution in [1.82, 2.24) is 4.98 Å².